The van der Waals surface area contributed by atoms with E-state index in [1.807, 2.05) is 6.92 Å². The fraction of sp³-hybridized carbons (Fsp3) is 0.318. The Kier molecular flexibility index (Phi) is 4.95. The van der Waals surface area contributed by atoms with Crippen LogP contribution < -0.4 is 10.4 Å². The molecule has 1 amide bonds. The zero-order valence-electron chi connectivity index (χ0n) is 16.4. The fourth-order valence-corrected chi connectivity index (χ4v) is 4.26. The summed E-state index contributed by atoms with van der Waals surface area (Å²) in [5.74, 6) is -1.85. The number of rotatable bonds is 6. The summed E-state index contributed by atoms with van der Waals surface area (Å²) in [6, 6.07) is 7.79. The average Bonchev–Trinajstić information content (AvgIpc) is 2.93. The molecule has 2 aliphatic heterocycles. The number of β-lactam (4-membered cyclic amide) rings is 1. The zero-order chi connectivity index (χ0) is 21.6. The van der Waals surface area contributed by atoms with E-state index in [1.165, 1.54) is 11.0 Å². The Morgan fingerprint density at radius 1 is 1.30 bits per heavy atom. The fourth-order valence-electron chi connectivity index (χ4n) is 4.26. The lowest BCUT2D eigenvalue weighted by Gasteiger charge is -2.46. The number of allylic oxidation sites excluding steroid dienone is 1. The molecule has 1 saturated heterocycles. The van der Waals surface area contributed by atoms with Crippen LogP contribution >= 0.6 is 0 Å². The van der Waals surface area contributed by atoms with Crippen molar-refractivity contribution in [2.45, 2.75) is 26.0 Å². The molecule has 1 fully saturated rings. The molecule has 8 heteroatoms. The van der Waals surface area contributed by atoms with Gasteiger partial charge in [0.1, 0.15) is 23.6 Å². The number of aliphatic hydroxyl groups is 1. The monoisotopic (exact) mass is 411 g/mol. The van der Waals surface area contributed by atoms with E-state index in [4.69, 9.17) is 9.15 Å². The molecule has 8 nitrogen and oxygen atoms in total. The van der Waals surface area contributed by atoms with E-state index in [0.29, 0.717) is 16.9 Å². The van der Waals surface area contributed by atoms with Gasteiger partial charge in [0.15, 0.2) is 0 Å². The molecule has 4 rings (SSSR count). The topological polar surface area (TPSA) is 117 Å². The molecule has 30 heavy (non-hydrogen) atoms. The van der Waals surface area contributed by atoms with Gasteiger partial charge in [-0.05, 0) is 36.8 Å². The maximum absolute atomic E-state index is 12.3. The molecule has 2 aliphatic rings. The van der Waals surface area contributed by atoms with Gasteiger partial charge in [-0.2, -0.15) is 0 Å². The minimum absolute atomic E-state index is 0.0434. The van der Waals surface area contributed by atoms with Crippen LogP contribution in [0.25, 0.3) is 11.0 Å². The predicted octanol–water partition coefficient (Wildman–Crippen LogP) is 1.92. The third-order valence-corrected chi connectivity index (χ3v) is 5.67. The van der Waals surface area contributed by atoms with E-state index in [2.05, 4.69) is 0 Å². The molecular formula is C22H21NO7. The zero-order valence-corrected chi connectivity index (χ0v) is 16.4. The summed E-state index contributed by atoms with van der Waals surface area (Å²) in [5, 5.41) is 20.3. The molecule has 2 N–H and O–H groups in total. The summed E-state index contributed by atoms with van der Waals surface area (Å²) in [6.07, 6.45) is 2.49. The van der Waals surface area contributed by atoms with Crippen molar-refractivity contribution in [1.29, 1.82) is 0 Å². The third-order valence-electron chi connectivity index (χ3n) is 5.67. The van der Waals surface area contributed by atoms with Crippen molar-refractivity contribution in [2.75, 3.05) is 6.61 Å². The maximum Gasteiger partial charge on any atom is 0.352 e. The first-order chi connectivity index (χ1) is 14.3. The summed E-state index contributed by atoms with van der Waals surface area (Å²) in [6.45, 7) is 3.55. The van der Waals surface area contributed by atoms with Crippen LogP contribution in [0.1, 0.15) is 13.8 Å². The van der Waals surface area contributed by atoms with Crippen LogP contribution in [0.3, 0.4) is 0 Å². The van der Waals surface area contributed by atoms with E-state index >= 15 is 0 Å². The highest BCUT2D eigenvalue weighted by atomic mass is 16.5. The Labute approximate surface area is 171 Å². The molecule has 0 bridgehead atoms. The van der Waals surface area contributed by atoms with Crippen LogP contribution in [0.15, 0.2) is 63.0 Å². The second-order valence-electron chi connectivity index (χ2n) is 7.53. The summed E-state index contributed by atoms with van der Waals surface area (Å²) < 4.78 is 10.8. The maximum atomic E-state index is 12.3. The smallest absolute Gasteiger partial charge is 0.352 e. The van der Waals surface area contributed by atoms with Crippen molar-refractivity contribution in [2.24, 2.45) is 11.8 Å². The number of hydrogen-bond acceptors (Lipinski definition) is 6. The van der Waals surface area contributed by atoms with Gasteiger partial charge >= 0.3 is 11.6 Å². The van der Waals surface area contributed by atoms with Gasteiger partial charge in [-0.3, -0.25) is 4.79 Å². The van der Waals surface area contributed by atoms with Crippen molar-refractivity contribution in [3.05, 3.63) is 64.2 Å². The van der Waals surface area contributed by atoms with Crippen molar-refractivity contribution in [3.63, 3.8) is 0 Å². The van der Waals surface area contributed by atoms with Gasteiger partial charge in [0.05, 0.1) is 18.1 Å². The van der Waals surface area contributed by atoms with Gasteiger partial charge in [-0.1, -0.05) is 13.0 Å². The first kappa shape index (κ1) is 19.9. The molecule has 3 heterocycles. The minimum atomic E-state index is -1.17. The van der Waals surface area contributed by atoms with E-state index in [1.54, 1.807) is 43.3 Å². The van der Waals surface area contributed by atoms with Crippen molar-refractivity contribution in [3.8, 4) is 5.75 Å². The Bertz CT molecular complexity index is 1140. The van der Waals surface area contributed by atoms with Crippen LogP contribution in [-0.4, -0.2) is 45.7 Å². The van der Waals surface area contributed by atoms with E-state index in [0.717, 1.165) is 5.39 Å². The number of amides is 1. The highest BCUT2D eigenvalue weighted by Gasteiger charge is 2.59. The first-order valence-corrected chi connectivity index (χ1v) is 9.61. The largest absolute Gasteiger partial charge is 0.489 e. The van der Waals surface area contributed by atoms with Crippen LogP contribution in [0.5, 0.6) is 5.75 Å². The third kappa shape index (κ3) is 3.19. The lowest BCUT2D eigenvalue weighted by molar-refractivity contribution is -0.163. The minimum Gasteiger partial charge on any atom is -0.489 e. The number of fused-ring (bicyclic) bond motifs is 2. The van der Waals surface area contributed by atoms with Crippen LogP contribution in [-0.2, 0) is 9.59 Å². The van der Waals surface area contributed by atoms with Crippen LogP contribution in [0.2, 0.25) is 0 Å². The molecule has 1 aromatic carbocycles. The lowest BCUT2D eigenvalue weighted by atomic mass is 9.78. The van der Waals surface area contributed by atoms with E-state index < -0.39 is 23.6 Å². The Morgan fingerprint density at radius 3 is 2.73 bits per heavy atom. The number of carboxylic acids is 1. The molecule has 4 atom stereocenters. The SMILES string of the molecule is CC(O)[C@H]1C(=O)N2C(C(=O)O)=C(/C=C/COc3ccc4ccc(=O)oc4c3)[C@H](C)[C@H]12. The van der Waals surface area contributed by atoms with Crippen molar-refractivity contribution >= 4 is 22.8 Å². The quantitative estimate of drug-likeness (QED) is 0.551. The van der Waals surface area contributed by atoms with Crippen molar-refractivity contribution in [1.82, 2.24) is 4.90 Å². The number of benzene rings is 1. The van der Waals surface area contributed by atoms with E-state index in [-0.39, 0.29) is 30.2 Å². The van der Waals surface area contributed by atoms with E-state index in [9.17, 15) is 24.6 Å². The number of hydrogen-bond donors (Lipinski definition) is 2. The molecule has 0 spiro atoms. The van der Waals surface area contributed by atoms with Gasteiger partial charge < -0.3 is 24.3 Å². The van der Waals surface area contributed by atoms with Gasteiger partial charge in [-0.25, -0.2) is 9.59 Å². The highest BCUT2D eigenvalue weighted by Crippen LogP contribution is 2.47. The number of carboxylic acid groups (broad SMARTS) is 1. The van der Waals surface area contributed by atoms with Crippen LogP contribution in [0, 0.1) is 11.8 Å². The molecule has 0 aliphatic carbocycles. The number of nitrogens with zero attached hydrogens (tertiary/aromatic N) is 1. The standard InChI is InChI=1S/C22H21NO7/c1-11-15(20(22(27)28)23-19(11)18(12(2)24)21(23)26)4-3-9-29-14-7-5-13-6-8-17(25)30-16(13)10-14/h3-8,10-12,18-19,24H,9H2,1-2H3,(H,27,28)/b4-3+/t11-,12?,18+,19+/m0/s1. The van der Waals surface area contributed by atoms with Gasteiger partial charge in [0, 0.05) is 23.4 Å². The number of carbonyl (C=O) groups is 2. The lowest BCUT2D eigenvalue weighted by Crippen LogP contribution is -2.63. The van der Waals surface area contributed by atoms with Gasteiger partial charge in [-0.15, -0.1) is 0 Å². The molecule has 0 radical (unpaired) electrons. The Hall–Kier alpha value is -3.39. The Balaban J connectivity index is 1.50. The van der Waals surface area contributed by atoms with Gasteiger partial charge in [0.25, 0.3) is 0 Å². The summed E-state index contributed by atoms with van der Waals surface area (Å²) >= 11 is 0. The highest BCUT2D eigenvalue weighted by molar-refractivity contribution is 6.00. The van der Waals surface area contributed by atoms with Crippen LogP contribution in [0.4, 0.5) is 0 Å². The molecule has 156 valence electrons. The Morgan fingerprint density at radius 2 is 2.03 bits per heavy atom. The number of aliphatic carboxylic acids is 1. The molecule has 0 saturated carbocycles. The average molecular weight is 411 g/mol. The van der Waals surface area contributed by atoms with Gasteiger partial charge in [0.2, 0.25) is 5.91 Å². The molecular weight excluding hydrogens is 390 g/mol. The molecule has 1 aromatic heterocycles. The van der Waals surface area contributed by atoms with Crippen molar-refractivity contribution < 1.29 is 29.0 Å². The molecule has 1 unspecified atom stereocenters. The normalized spacial score (nSPS) is 24.3. The molecule has 2 aromatic rings. The number of aliphatic hydroxyl groups excluding tert-OH is 1. The second-order valence-corrected chi connectivity index (χ2v) is 7.53. The second kappa shape index (κ2) is 7.46. The number of ether oxygens (including phenoxy) is 1. The summed E-state index contributed by atoms with van der Waals surface area (Å²) in [4.78, 5) is 36.7. The number of carbonyl (C=O) groups excluding carboxylic acids is 1. The summed E-state index contributed by atoms with van der Waals surface area (Å²) in [7, 11) is 0. The summed E-state index contributed by atoms with van der Waals surface area (Å²) in [5.41, 5.74) is 0.448. The first-order valence-electron chi connectivity index (χ1n) is 9.61. The predicted molar refractivity (Wildman–Crippen MR) is 107 cm³/mol.